The number of benzene rings is 1. The topological polar surface area (TPSA) is 83.8 Å². The monoisotopic (exact) mass is 230 g/mol. The Morgan fingerprint density at radius 2 is 2.35 bits per heavy atom. The van der Waals surface area contributed by atoms with Crippen LogP contribution in [0.5, 0.6) is 0 Å². The van der Waals surface area contributed by atoms with Gasteiger partial charge in [0.05, 0.1) is 17.1 Å². The number of H-pyrrole nitrogens is 1. The van der Waals surface area contributed by atoms with E-state index in [9.17, 15) is 4.79 Å². The van der Waals surface area contributed by atoms with Gasteiger partial charge in [-0.05, 0) is 31.5 Å². The van der Waals surface area contributed by atoms with E-state index in [2.05, 4.69) is 15.3 Å². The Morgan fingerprint density at radius 3 is 3.06 bits per heavy atom. The van der Waals surface area contributed by atoms with E-state index in [1.807, 2.05) is 12.1 Å². The number of nitrogens with two attached hydrogens (primary N) is 1. The summed E-state index contributed by atoms with van der Waals surface area (Å²) in [6, 6.07) is 5.69. The largest absolute Gasteiger partial charge is 0.366 e. The number of imidazole rings is 1. The number of para-hydroxylation sites is 1. The molecule has 1 saturated heterocycles. The minimum atomic E-state index is -0.437. The molecule has 1 aromatic heterocycles. The maximum atomic E-state index is 11.3. The number of fused-ring (bicyclic) bond motifs is 1. The normalized spacial score (nSPS) is 19.9. The predicted molar refractivity (Wildman–Crippen MR) is 64.6 cm³/mol. The van der Waals surface area contributed by atoms with Gasteiger partial charge in [0.1, 0.15) is 11.3 Å². The fourth-order valence-corrected chi connectivity index (χ4v) is 2.33. The van der Waals surface area contributed by atoms with Crippen LogP contribution in [0, 0.1) is 0 Å². The zero-order valence-corrected chi connectivity index (χ0v) is 9.36. The van der Waals surface area contributed by atoms with Gasteiger partial charge < -0.3 is 16.0 Å². The maximum absolute atomic E-state index is 11.3. The average molecular weight is 230 g/mol. The minimum absolute atomic E-state index is 0.267. The second-order valence-electron chi connectivity index (χ2n) is 4.34. The summed E-state index contributed by atoms with van der Waals surface area (Å²) in [5.74, 6) is 0.458. The van der Waals surface area contributed by atoms with Crippen LogP contribution in [0.15, 0.2) is 18.2 Å². The van der Waals surface area contributed by atoms with Crippen molar-refractivity contribution in [2.24, 2.45) is 5.73 Å². The number of carbonyl (C=O) groups excluding carboxylic acids is 1. The standard InChI is InChI=1S/C12H14N4O/c13-11(17)7-3-1-4-8-10(7)16-12(15-8)9-5-2-6-14-9/h1,3-4,9,14H,2,5-6H2,(H2,13,17)(H,15,16)/t9-/m0/s1. The van der Waals surface area contributed by atoms with Gasteiger partial charge in [-0.3, -0.25) is 4.79 Å². The maximum Gasteiger partial charge on any atom is 0.250 e. The Bertz CT molecular complexity index is 569. The first-order valence-corrected chi connectivity index (χ1v) is 5.77. The number of aromatic nitrogens is 2. The van der Waals surface area contributed by atoms with E-state index in [0.29, 0.717) is 11.1 Å². The molecule has 3 rings (SSSR count). The van der Waals surface area contributed by atoms with E-state index in [1.54, 1.807) is 6.07 Å². The first kappa shape index (κ1) is 10.3. The molecular formula is C12H14N4O. The van der Waals surface area contributed by atoms with Crippen molar-refractivity contribution in [3.8, 4) is 0 Å². The molecule has 1 atom stereocenters. The van der Waals surface area contributed by atoms with Gasteiger partial charge in [-0.1, -0.05) is 6.07 Å². The predicted octanol–water partition coefficient (Wildman–Crippen LogP) is 1.09. The van der Waals surface area contributed by atoms with Crippen LogP contribution in [0.25, 0.3) is 11.0 Å². The summed E-state index contributed by atoms with van der Waals surface area (Å²) < 4.78 is 0. The van der Waals surface area contributed by atoms with Crippen molar-refractivity contribution in [2.45, 2.75) is 18.9 Å². The first-order valence-electron chi connectivity index (χ1n) is 5.77. The zero-order chi connectivity index (χ0) is 11.8. The van der Waals surface area contributed by atoms with Crippen molar-refractivity contribution < 1.29 is 4.79 Å². The Balaban J connectivity index is 2.11. The molecule has 1 fully saturated rings. The molecule has 2 heterocycles. The number of carbonyl (C=O) groups is 1. The smallest absolute Gasteiger partial charge is 0.250 e. The van der Waals surface area contributed by atoms with Gasteiger partial charge in [-0.15, -0.1) is 0 Å². The molecule has 0 bridgehead atoms. The number of hydrogen-bond acceptors (Lipinski definition) is 3. The van der Waals surface area contributed by atoms with Crippen molar-refractivity contribution in [3.05, 3.63) is 29.6 Å². The Morgan fingerprint density at radius 1 is 1.47 bits per heavy atom. The van der Waals surface area contributed by atoms with Crippen molar-refractivity contribution in [1.82, 2.24) is 15.3 Å². The number of aromatic amines is 1. The molecule has 0 aliphatic carbocycles. The van der Waals surface area contributed by atoms with Gasteiger partial charge >= 0.3 is 0 Å². The zero-order valence-electron chi connectivity index (χ0n) is 9.36. The van der Waals surface area contributed by atoms with Crippen molar-refractivity contribution >= 4 is 16.9 Å². The molecule has 4 N–H and O–H groups in total. The summed E-state index contributed by atoms with van der Waals surface area (Å²) in [6.45, 7) is 1.02. The van der Waals surface area contributed by atoms with Gasteiger partial charge in [0.25, 0.3) is 5.91 Å². The van der Waals surface area contributed by atoms with E-state index in [-0.39, 0.29) is 6.04 Å². The number of hydrogen-bond donors (Lipinski definition) is 3. The highest BCUT2D eigenvalue weighted by Crippen LogP contribution is 2.24. The molecule has 5 heteroatoms. The van der Waals surface area contributed by atoms with Gasteiger partial charge in [0.2, 0.25) is 0 Å². The molecule has 0 unspecified atom stereocenters. The lowest BCUT2D eigenvalue weighted by Crippen LogP contribution is -2.14. The fourth-order valence-electron chi connectivity index (χ4n) is 2.33. The molecule has 0 radical (unpaired) electrons. The molecule has 1 amide bonds. The molecule has 0 spiro atoms. The number of nitrogens with one attached hydrogen (secondary N) is 2. The lowest BCUT2D eigenvalue weighted by Gasteiger charge is -2.04. The number of amides is 1. The van der Waals surface area contributed by atoms with Crippen LogP contribution in [-0.4, -0.2) is 22.4 Å². The van der Waals surface area contributed by atoms with Crippen molar-refractivity contribution in [2.75, 3.05) is 6.54 Å². The highest BCUT2D eigenvalue weighted by molar-refractivity contribution is 6.04. The Hall–Kier alpha value is -1.88. The molecular weight excluding hydrogens is 216 g/mol. The van der Waals surface area contributed by atoms with Crippen LogP contribution >= 0.6 is 0 Å². The van der Waals surface area contributed by atoms with Crippen LogP contribution in [0.4, 0.5) is 0 Å². The van der Waals surface area contributed by atoms with Gasteiger partial charge in [-0.2, -0.15) is 0 Å². The third kappa shape index (κ3) is 1.68. The van der Waals surface area contributed by atoms with Crippen LogP contribution < -0.4 is 11.1 Å². The SMILES string of the molecule is NC(=O)c1cccc2[nH]c([C@@H]3CCCN3)nc12. The summed E-state index contributed by atoms with van der Waals surface area (Å²) in [5, 5.41) is 3.37. The van der Waals surface area contributed by atoms with Crippen molar-refractivity contribution in [1.29, 1.82) is 0 Å². The second-order valence-corrected chi connectivity index (χ2v) is 4.34. The van der Waals surface area contributed by atoms with E-state index in [1.165, 1.54) is 0 Å². The molecule has 88 valence electrons. The van der Waals surface area contributed by atoms with E-state index >= 15 is 0 Å². The minimum Gasteiger partial charge on any atom is -0.366 e. The molecule has 1 aromatic carbocycles. The first-order chi connectivity index (χ1) is 8.25. The molecule has 0 saturated carbocycles. The summed E-state index contributed by atoms with van der Waals surface area (Å²) in [4.78, 5) is 19.0. The summed E-state index contributed by atoms with van der Waals surface area (Å²) >= 11 is 0. The summed E-state index contributed by atoms with van der Waals surface area (Å²) in [6.07, 6.45) is 2.23. The van der Waals surface area contributed by atoms with E-state index in [4.69, 9.17) is 5.73 Å². The fraction of sp³-hybridized carbons (Fsp3) is 0.333. The third-order valence-electron chi connectivity index (χ3n) is 3.19. The third-order valence-corrected chi connectivity index (χ3v) is 3.19. The Kier molecular flexibility index (Phi) is 2.33. The molecule has 1 aliphatic heterocycles. The molecule has 2 aromatic rings. The molecule has 17 heavy (non-hydrogen) atoms. The van der Waals surface area contributed by atoms with Crippen LogP contribution in [0.3, 0.4) is 0 Å². The van der Waals surface area contributed by atoms with Crippen LogP contribution in [-0.2, 0) is 0 Å². The summed E-state index contributed by atoms with van der Waals surface area (Å²) in [5.41, 5.74) is 7.34. The van der Waals surface area contributed by atoms with Crippen LogP contribution in [0.2, 0.25) is 0 Å². The van der Waals surface area contributed by atoms with E-state index in [0.717, 1.165) is 30.7 Å². The quantitative estimate of drug-likeness (QED) is 0.722. The number of rotatable bonds is 2. The van der Waals surface area contributed by atoms with Crippen LogP contribution in [0.1, 0.15) is 35.1 Å². The highest BCUT2D eigenvalue weighted by atomic mass is 16.1. The second kappa shape index (κ2) is 3.85. The lowest BCUT2D eigenvalue weighted by atomic mass is 10.2. The highest BCUT2D eigenvalue weighted by Gasteiger charge is 2.20. The lowest BCUT2D eigenvalue weighted by molar-refractivity contribution is 0.100. The average Bonchev–Trinajstić information content (AvgIpc) is 2.96. The number of primary amides is 1. The van der Waals surface area contributed by atoms with Gasteiger partial charge in [0.15, 0.2) is 0 Å². The van der Waals surface area contributed by atoms with Gasteiger partial charge in [0, 0.05) is 0 Å². The van der Waals surface area contributed by atoms with Gasteiger partial charge in [-0.25, -0.2) is 4.98 Å². The van der Waals surface area contributed by atoms with E-state index < -0.39 is 5.91 Å². The summed E-state index contributed by atoms with van der Waals surface area (Å²) in [7, 11) is 0. The number of nitrogens with zero attached hydrogens (tertiary/aromatic N) is 1. The molecule has 5 nitrogen and oxygen atoms in total. The molecule has 1 aliphatic rings. The van der Waals surface area contributed by atoms with Crippen molar-refractivity contribution in [3.63, 3.8) is 0 Å². The Labute approximate surface area is 98.4 Å².